The van der Waals surface area contributed by atoms with Crippen molar-refractivity contribution in [3.63, 3.8) is 0 Å². The Morgan fingerprint density at radius 2 is 2.33 bits per heavy atom. The molecule has 0 spiro atoms. The van der Waals surface area contributed by atoms with E-state index in [9.17, 15) is 4.79 Å². The van der Waals surface area contributed by atoms with Crippen LogP contribution in [0, 0.1) is 5.92 Å². The van der Waals surface area contributed by atoms with Crippen LogP contribution in [0.25, 0.3) is 0 Å². The van der Waals surface area contributed by atoms with Crippen molar-refractivity contribution < 1.29 is 15.0 Å². The second-order valence-corrected chi connectivity index (χ2v) is 4.40. The Balaban J connectivity index is 2.53. The fraction of sp³-hybridized carbons (Fsp3) is 0.667. The first-order chi connectivity index (χ1) is 8.56. The lowest BCUT2D eigenvalue weighted by Gasteiger charge is -2.21. The summed E-state index contributed by atoms with van der Waals surface area (Å²) in [4.78, 5) is 12.9. The van der Waals surface area contributed by atoms with Gasteiger partial charge in [0.05, 0.1) is 25.3 Å². The molecule has 6 nitrogen and oxygen atoms in total. The maximum absolute atomic E-state index is 10.8. The third-order valence-corrected chi connectivity index (χ3v) is 2.82. The van der Waals surface area contributed by atoms with Gasteiger partial charge in [-0.3, -0.25) is 14.4 Å². The summed E-state index contributed by atoms with van der Waals surface area (Å²) in [5, 5.41) is 21.8. The SMILES string of the molecule is CCN(Cc1cnn(CCO)c1)CC(C)C(=O)O. The number of hydrogen-bond acceptors (Lipinski definition) is 4. The van der Waals surface area contributed by atoms with Crippen LogP contribution in [-0.4, -0.2) is 50.6 Å². The van der Waals surface area contributed by atoms with E-state index in [1.54, 1.807) is 17.8 Å². The Morgan fingerprint density at radius 3 is 2.89 bits per heavy atom. The minimum absolute atomic E-state index is 0.0641. The highest BCUT2D eigenvalue weighted by Gasteiger charge is 2.15. The van der Waals surface area contributed by atoms with E-state index < -0.39 is 5.97 Å². The lowest BCUT2D eigenvalue weighted by Crippen LogP contribution is -2.31. The fourth-order valence-electron chi connectivity index (χ4n) is 1.74. The summed E-state index contributed by atoms with van der Waals surface area (Å²) < 4.78 is 1.68. The van der Waals surface area contributed by atoms with Gasteiger partial charge < -0.3 is 10.2 Å². The molecule has 0 amide bonds. The highest BCUT2D eigenvalue weighted by atomic mass is 16.4. The highest BCUT2D eigenvalue weighted by Crippen LogP contribution is 2.07. The molecule has 1 aromatic heterocycles. The van der Waals surface area contributed by atoms with Gasteiger partial charge in [0.25, 0.3) is 0 Å². The summed E-state index contributed by atoms with van der Waals surface area (Å²) >= 11 is 0. The Bertz CT molecular complexity index is 378. The van der Waals surface area contributed by atoms with Crippen molar-refractivity contribution in [1.82, 2.24) is 14.7 Å². The minimum atomic E-state index is -0.774. The van der Waals surface area contributed by atoms with Crippen molar-refractivity contribution in [2.45, 2.75) is 26.9 Å². The van der Waals surface area contributed by atoms with Crippen LogP contribution in [-0.2, 0) is 17.9 Å². The van der Waals surface area contributed by atoms with Crippen molar-refractivity contribution in [2.24, 2.45) is 5.92 Å². The molecular weight excluding hydrogens is 234 g/mol. The molecule has 0 aliphatic rings. The maximum atomic E-state index is 10.8. The van der Waals surface area contributed by atoms with E-state index in [0.717, 1.165) is 12.1 Å². The predicted octanol–water partition coefficient (Wildman–Crippen LogP) is 0.418. The van der Waals surface area contributed by atoms with Gasteiger partial charge in [-0.25, -0.2) is 0 Å². The zero-order valence-corrected chi connectivity index (χ0v) is 10.9. The second-order valence-electron chi connectivity index (χ2n) is 4.40. The predicted molar refractivity (Wildman–Crippen MR) is 67.1 cm³/mol. The number of carboxylic acids is 1. The first-order valence-electron chi connectivity index (χ1n) is 6.14. The Kier molecular flexibility index (Phi) is 5.80. The van der Waals surface area contributed by atoms with Gasteiger partial charge in [0.2, 0.25) is 0 Å². The van der Waals surface area contributed by atoms with E-state index in [1.165, 1.54) is 0 Å². The topological polar surface area (TPSA) is 78.6 Å². The third kappa shape index (κ3) is 4.46. The molecule has 0 aromatic carbocycles. The molecule has 18 heavy (non-hydrogen) atoms. The Hall–Kier alpha value is -1.40. The van der Waals surface area contributed by atoms with Crippen molar-refractivity contribution in [2.75, 3.05) is 19.7 Å². The third-order valence-electron chi connectivity index (χ3n) is 2.82. The number of carbonyl (C=O) groups is 1. The molecule has 0 fully saturated rings. The largest absolute Gasteiger partial charge is 0.481 e. The van der Waals surface area contributed by atoms with E-state index >= 15 is 0 Å². The standard InChI is InChI=1S/C12H21N3O3/c1-3-14(7-10(2)12(17)18)8-11-6-13-15(9-11)4-5-16/h6,9-10,16H,3-5,7-8H2,1-2H3,(H,17,18). The summed E-state index contributed by atoms with van der Waals surface area (Å²) in [5.41, 5.74) is 1.03. The Labute approximate surface area is 107 Å². The molecular formula is C12H21N3O3. The van der Waals surface area contributed by atoms with Crippen LogP contribution in [0.1, 0.15) is 19.4 Å². The number of aliphatic hydroxyl groups is 1. The quantitative estimate of drug-likeness (QED) is 0.704. The van der Waals surface area contributed by atoms with Crippen molar-refractivity contribution >= 4 is 5.97 Å². The number of aliphatic carboxylic acids is 1. The van der Waals surface area contributed by atoms with Crippen LogP contribution in [0.5, 0.6) is 0 Å². The molecule has 0 aliphatic heterocycles. The molecule has 102 valence electrons. The average Bonchev–Trinajstić information content (AvgIpc) is 2.76. The van der Waals surface area contributed by atoms with Crippen LogP contribution in [0.2, 0.25) is 0 Å². The average molecular weight is 255 g/mol. The number of carboxylic acid groups (broad SMARTS) is 1. The van der Waals surface area contributed by atoms with Gasteiger partial charge >= 0.3 is 5.97 Å². The fourth-order valence-corrected chi connectivity index (χ4v) is 1.74. The summed E-state index contributed by atoms with van der Waals surface area (Å²) in [6, 6.07) is 0. The van der Waals surface area contributed by atoms with Crippen molar-refractivity contribution in [3.8, 4) is 0 Å². The molecule has 0 saturated heterocycles. The van der Waals surface area contributed by atoms with Gasteiger partial charge in [-0.05, 0) is 6.54 Å². The second kappa shape index (κ2) is 7.13. The lowest BCUT2D eigenvalue weighted by atomic mass is 10.1. The van der Waals surface area contributed by atoms with E-state index in [0.29, 0.717) is 19.6 Å². The molecule has 0 radical (unpaired) electrons. The Morgan fingerprint density at radius 1 is 1.61 bits per heavy atom. The van der Waals surface area contributed by atoms with Gasteiger partial charge in [-0.1, -0.05) is 13.8 Å². The first-order valence-corrected chi connectivity index (χ1v) is 6.14. The van der Waals surface area contributed by atoms with Crippen molar-refractivity contribution in [1.29, 1.82) is 0 Å². The van der Waals surface area contributed by atoms with Gasteiger partial charge in [0.1, 0.15) is 0 Å². The van der Waals surface area contributed by atoms with Crippen LogP contribution < -0.4 is 0 Å². The molecule has 1 heterocycles. The summed E-state index contributed by atoms with van der Waals surface area (Å²) in [7, 11) is 0. The summed E-state index contributed by atoms with van der Waals surface area (Å²) in [6.07, 6.45) is 3.63. The van der Waals surface area contributed by atoms with E-state index in [4.69, 9.17) is 10.2 Å². The number of aromatic nitrogens is 2. The molecule has 1 unspecified atom stereocenters. The molecule has 0 aliphatic carbocycles. The monoisotopic (exact) mass is 255 g/mol. The number of hydrogen-bond donors (Lipinski definition) is 2. The van der Waals surface area contributed by atoms with Crippen LogP contribution in [0.3, 0.4) is 0 Å². The minimum Gasteiger partial charge on any atom is -0.481 e. The van der Waals surface area contributed by atoms with Crippen LogP contribution in [0.4, 0.5) is 0 Å². The molecule has 1 rings (SSSR count). The number of rotatable bonds is 8. The molecule has 2 N–H and O–H groups in total. The summed E-state index contributed by atoms with van der Waals surface area (Å²) in [5.74, 6) is -1.15. The van der Waals surface area contributed by atoms with Crippen LogP contribution in [0.15, 0.2) is 12.4 Å². The van der Waals surface area contributed by atoms with E-state index in [1.807, 2.05) is 13.1 Å². The van der Waals surface area contributed by atoms with E-state index in [2.05, 4.69) is 10.00 Å². The van der Waals surface area contributed by atoms with Gasteiger partial charge in [-0.15, -0.1) is 0 Å². The first kappa shape index (κ1) is 14.7. The number of nitrogens with zero attached hydrogens (tertiary/aromatic N) is 3. The molecule has 0 bridgehead atoms. The van der Waals surface area contributed by atoms with Gasteiger partial charge in [0.15, 0.2) is 0 Å². The smallest absolute Gasteiger partial charge is 0.307 e. The normalized spacial score (nSPS) is 12.9. The van der Waals surface area contributed by atoms with Gasteiger partial charge in [-0.2, -0.15) is 5.10 Å². The zero-order valence-electron chi connectivity index (χ0n) is 10.9. The molecule has 0 saturated carbocycles. The van der Waals surface area contributed by atoms with Gasteiger partial charge in [0, 0.05) is 24.8 Å². The number of aliphatic hydroxyl groups excluding tert-OH is 1. The van der Waals surface area contributed by atoms with Crippen LogP contribution >= 0.6 is 0 Å². The summed E-state index contributed by atoms with van der Waals surface area (Å²) in [6.45, 7) is 6.26. The molecule has 1 atom stereocenters. The molecule has 6 heteroatoms. The zero-order chi connectivity index (χ0) is 13.5. The lowest BCUT2D eigenvalue weighted by molar-refractivity contribution is -0.141. The highest BCUT2D eigenvalue weighted by molar-refractivity contribution is 5.69. The van der Waals surface area contributed by atoms with Crippen molar-refractivity contribution in [3.05, 3.63) is 18.0 Å². The van der Waals surface area contributed by atoms with E-state index in [-0.39, 0.29) is 12.5 Å². The maximum Gasteiger partial charge on any atom is 0.307 e. The molecule has 1 aromatic rings.